The van der Waals surface area contributed by atoms with E-state index in [0.29, 0.717) is 0 Å². The van der Waals surface area contributed by atoms with Crippen molar-refractivity contribution >= 4 is 0 Å². The molecular formula is C7H13F3O2. The Kier molecular flexibility index (Phi) is 3.53. The van der Waals surface area contributed by atoms with Gasteiger partial charge in [-0.05, 0) is 13.8 Å². The number of aliphatic hydroxyl groups excluding tert-OH is 1. The van der Waals surface area contributed by atoms with Crippen LogP contribution in [0.5, 0.6) is 0 Å². The molecule has 74 valence electrons. The lowest BCUT2D eigenvalue weighted by atomic mass is 10.0. The van der Waals surface area contributed by atoms with Crippen molar-refractivity contribution in [1.82, 2.24) is 0 Å². The molecule has 1 N–H and O–H groups in total. The maximum Gasteiger partial charge on any atom is 0.414 e. The van der Waals surface area contributed by atoms with E-state index < -0.39 is 24.3 Å². The second-order valence-electron chi connectivity index (χ2n) is 3.23. The van der Waals surface area contributed by atoms with Gasteiger partial charge >= 0.3 is 6.18 Å². The number of rotatable bonds is 3. The summed E-state index contributed by atoms with van der Waals surface area (Å²) in [7, 11) is 1.31. The predicted molar refractivity (Wildman–Crippen MR) is 37.8 cm³/mol. The highest BCUT2D eigenvalue weighted by molar-refractivity contribution is 4.77. The zero-order valence-corrected chi connectivity index (χ0v) is 7.27. The highest BCUT2D eigenvalue weighted by Crippen LogP contribution is 2.27. The molecular weight excluding hydrogens is 173 g/mol. The smallest absolute Gasteiger partial charge is 0.384 e. The summed E-state index contributed by atoms with van der Waals surface area (Å²) >= 11 is 0. The number of halogens is 3. The quantitative estimate of drug-likeness (QED) is 0.727. The first kappa shape index (κ1) is 11.7. The summed E-state index contributed by atoms with van der Waals surface area (Å²) in [5.41, 5.74) is -0.949. The van der Waals surface area contributed by atoms with Gasteiger partial charge in [0.05, 0.1) is 5.60 Å². The van der Waals surface area contributed by atoms with Crippen molar-refractivity contribution in [2.75, 3.05) is 7.11 Å². The normalized spacial score (nSPS) is 16.2. The summed E-state index contributed by atoms with van der Waals surface area (Å²) in [6.45, 7) is 2.98. The van der Waals surface area contributed by atoms with Crippen LogP contribution in [0, 0.1) is 0 Å². The summed E-state index contributed by atoms with van der Waals surface area (Å²) in [5, 5.41) is 8.65. The average molecular weight is 186 g/mol. The lowest BCUT2D eigenvalue weighted by Crippen LogP contribution is -2.37. The van der Waals surface area contributed by atoms with Gasteiger partial charge in [0.25, 0.3) is 0 Å². The number of alkyl halides is 3. The molecule has 0 rings (SSSR count). The van der Waals surface area contributed by atoms with Gasteiger partial charge in [-0.3, -0.25) is 0 Å². The molecule has 0 aliphatic rings. The molecule has 0 heterocycles. The molecule has 0 aliphatic heterocycles. The third kappa shape index (κ3) is 3.92. The van der Waals surface area contributed by atoms with E-state index in [2.05, 4.69) is 0 Å². The molecule has 0 aromatic carbocycles. The largest absolute Gasteiger partial charge is 0.414 e. The maximum absolute atomic E-state index is 11.8. The molecule has 0 radical (unpaired) electrons. The fraction of sp³-hybridized carbons (Fsp3) is 1.00. The van der Waals surface area contributed by atoms with Crippen LogP contribution in [0.15, 0.2) is 0 Å². The Morgan fingerprint density at radius 1 is 1.33 bits per heavy atom. The van der Waals surface area contributed by atoms with Crippen LogP contribution in [-0.4, -0.2) is 30.1 Å². The molecule has 0 fully saturated rings. The monoisotopic (exact) mass is 186 g/mol. The molecule has 2 nitrogen and oxygen atoms in total. The van der Waals surface area contributed by atoms with E-state index in [4.69, 9.17) is 9.84 Å². The molecule has 0 aromatic rings. The minimum atomic E-state index is -4.56. The average Bonchev–Trinajstić information content (AvgIpc) is 1.85. The van der Waals surface area contributed by atoms with Gasteiger partial charge in [0.2, 0.25) is 0 Å². The molecule has 0 saturated carbocycles. The highest BCUT2D eigenvalue weighted by atomic mass is 19.4. The lowest BCUT2D eigenvalue weighted by Gasteiger charge is -2.26. The topological polar surface area (TPSA) is 29.5 Å². The van der Waals surface area contributed by atoms with Crippen molar-refractivity contribution in [3.05, 3.63) is 0 Å². The molecule has 1 unspecified atom stereocenters. The first-order chi connectivity index (χ1) is 5.19. The number of aliphatic hydroxyl groups is 1. The lowest BCUT2D eigenvalue weighted by molar-refractivity contribution is -0.217. The minimum Gasteiger partial charge on any atom is -0.384 e. The van der Waals surface area contributed by atoms with Crippen LogP contribution in [0.3, 0.4) is 0 Å². The van der Waals surface area contributed by atoms with E-state index in [-0.39, 0.29) is 0 Å². The van der Waals surface area contributed by atoms with Crippen molar-refractivity contribution in [2.45, 2.75) is 38.1 Å². The van der Waals surface area contributed by atoms with Gasteiger partial charge in [0, 0.05) is 13.5 Å². The van der Waals surface area contributed by atoms with Gasteiger partial charge in [-0.2, -0.15) is 13.2 Å². The Morgan fingerprint density at radius 2 is 1.75 bits per heavy atom. The van der Waals surface area contributed by atoms with Crippen molar-refractivity contribution in [3.63, 3.8) is 0 Å². The molecule has 0 aliphatic carbocycles. The van der Waals surface area contributed by atoms with E-state index in [1.165, 1.54) is 21.0 Å². The second kappa shape index (κ2) is 3.62. The summed E-state index contributed by atoms with van der Waals surface area (Å²) in [6.07, 6.45) is -7.32. The summed E-state index contributed by atoms with van der Waals surface area (Å²) < 4.78 is 40.2. The van der Waals surface area contributed by atoms with Crippen LogP contribution >= 0.6 is 0 Å². The Hall–Kier alpha value is -0.290. The fourth-order valence-corrected chi connectivity index (χ4v) is 0.665. The van der Waals surface area contributed by atoms with Crippen LogP contribution in [0.2, 0.25) is 0 Å². The van der Waals surface area contributed by atoms with E-state index >= 15 is 0 Å². The van der Waals surface area contributed by atoms with Gasteiger partial charge in [-0.1, -0.05) is 0 Å². The van der Waals surface area contributed by atoms with Gasteiger partial charge in [-0.15, -0.1) is 0 Å². The number of hydrogen-bond donors (Lipinski definition) is 1. The van der Waals surface area contributed by atoms with E-state index in [1.807, 2.05) is 0 Å². The van der Waals surface area contributed by atoms with Crippen LogP contribution in [0.4, 0.5) is 13.2 Å². The Balaban J connectivity index is 4.09. The maximum atomic E-state index is 11.8. The molecule has 0 aromatic heterocycles. The van der Waals surface area contributed by atoms with E-state index in [1.54, 1.807) is 0 Å². The van der Waals surface area contributed by atoms with E-state index in [0.717, 1.165) is 0 Å². The highest BCUT2D eigenvalue weighted by Gasteiger charge is 2.41. The molecule has 0 amide bonds. The van der Waals surface area contributed by atoms with Crippen LogP contribution in [-0.2, 0) is 4.74 Å². The van der Waals surface area contributed by atoms with Crippen molar-refractivity contribution in [3.8, 4) is 0 Å². The standard InChI is InChI=1S/C7H13F3O2/c1-6(2,12-3)4-5(11)7(8,9)10/h5,11H,4H2,1-3H3. The zero-order valence-electron chi connectivity index (χ0n) is 7.27. The SMILES string of the molecule is COC(C)(C)CC(O)C(F)(F)F. The summed E-state index contributed by atoms with van der Waals surface area (Å²) in [6, 6.07) is 0. The van der Waals surface area contributed by atoms with Crippen molar-refractivity contribution in [2.24, 2.45) is 0 Å². The van der Waals surface area contributed by atoms with Gasteiger partial charge in [0.15, 0.2) is 6.10 Å². The van der Waals surface area contributed by atoms with Crippen molar-refractivity contribution < 1.29 is 23.0 Å². The van der Waals surface area contributed by atoms with E-state index in [9.17, 15) is 13.2 Å². The molecule has 0 bridgehead atoms. The summed E-state index contributed by atoms with van der Waals surface area (Å²) in [4.78, 5) is 0. The first-order valence-electron chi connectivity index (χ1n) is 3.49. The first-order valence-corrected chi connectivity index (χ1v) is 3.49. The molecule has 5 heteroatoms. The second-order valence-corrected chi connectivity index (χ2v) is 3.23. The third-order valence-corrected chi connectivity index (χ3v) is 1.62. The van der Waals surface area contributed by atoms with Gasteiger partial charge in [0.1, 0.15) is 0 Å². The number of ether oxygens (including phenoxy) is 1. The fourth-order valence-electron chi connectivity index (χ4n) is 0.665. The van der Waals surface area contributed by atoms with Gasteiger partial charge in [-0.25, -0.2) is 0 Å². The third-order valence-electron chi connectivity index (χ3n) is 1.62. The predicted octanol–water partition coefficient (Wildman–Crippen LogP) is 1.72. The van der Waals surface area contributed by atoms with Crippen LogP contribution in [0.1, 0.15) is 20.3 Å². The van der Waals surface area contributed by atoms with Crippen molar-refractivity contribution in [1.29, 1.82) is 0 Å². The molecule has 1 atom stereocenters. The Labute approximate surface area is 69.3 Å². The van der Waals surface area contributed by atoms with Gasteiger partial charge < -0.3 is 9.84 Å². The Bertz CT molecular complexity index is 142. The number of hydrogen-bond acceptors (Lipinski definition) is 2. The summed E-state index contributed by atoms with van der Waals surface area (Å²) in [5.74, 6) is 0. The van der Waals surface area contributed by atoms with Crippen LogP contribution < -0.4 is 0 Å². The molecule has 0 saturated heterocycles. The zero-order chi connectivity index (χ0) is 9.99. The number of methoxy groups -OCH3 is 1. The minimum absolute atomic E-state index is 0.451. The molecule has 12 heavy (non-hydrogen) atoms. The Morgan fingerprint density at radius 3 is 2.00 bits per heavy atom. The van der Waals surface area contributed by atoms with Crippen LogP contribution in [0.25, 0.3) is 0 Å². The molecule has 0 spiro atoms.